The minimum Gasteiger partial charge on any atom is -0.443 e. The van der Waals surface area contributed by atoms with Gasteiger partial charge in [0.25, 0.3) is 0 Å². The van der Waals surface area contributed by atoms with E-state index in [0.29, 0.717) is 18.5 Å². The summed E-state index contributed by atoms with van der Waals surface area (Å²) in [5.74, 6) is 3.14. The zero-order valence-electron chi connectivity index (χ0n) is 16.3. The number of guanidine groups is 1. The van der Waals surface area contributed by atoms with E-state index in [-0.39, 0.29) is 29.4 Å². The molecule has 0 bridgehead atoms. The number of aromatic nitrogens is 1. The third-order valence-corrected chi connectivity index (χ3v) is 3.73. The molecule has 1 unspecified atom stereocenters. The first kappa shape index (κ1) is 23.2. The summed E-state index contributed by atoms with van der Waals surface area (Å²) in [6.45, 7) is 13.6. The van der Waals surface area contributed by atoms with Crippen molar-refractivity contribution in [3.05, 3.63) is 17.8 Å². The van der Waals surface area contributed by atoms with Crippen molar-refractivity contribution in [2.24, 2.45) is 10.9 Å². The average molecular weight is 450 g/mol. The highest BCUT2D eigenvalue weighted by molar-refractivity contribution is 14.0. The number of rotatable bonds is 7. The Balaban J connectivity index is 0.00000529. The van der Waals surface area contributed by atoms with Gasteiger partial charge in [-0.1, -0.05) is 47.5 Å². The fourth-order valence-electron chi connectivity index (χ4n) is 2.23. The number of aliphatic imine (C=N–C) groups is 1. The molecular formula is C18H35IN4O. The molecule has 6 heteroatoms. The molecule has 1 rings (SSSR count). The molecule has 1 heterocycles. The van der Waals surface area contributed by atoms with E-state index in [9.17, 15) is 0 Å². The fraction of sp³-hybridized carbons (Fsp3) is 0.778. The van der Waals surface area contributed by atoms with Crippen molar-refractivity contribution in [3.63, 3.8) is 0 Å². The van der Waals surface area contributed by atoms with Crippen LogP contribution in [0.5, 0.6) is 0 Å². The Hall–Kier alpha value is -0.790. The van der Waals surface area contributed by atoms with E-state index in [1.54, 1.807) is 7.05 Å². The van der Waals surface area contributed by atoms with Gasteiger partial charge >= 0.3 is 0 Å². The zero-order valence-corrected chi connectivity index (χ0v) is 18.6. The van der Waals surface area contributed by atoms with Crippen molar-refractivity contribution in [3.8, 4) is 0 Å². The van der Waals surface area contributed by atoms with Crippen LogP contribution in [0.15, 0.2) is 15.6 Å². The quantitative estimate of drug-likeness (QED) is 0.366. The van der Waals surface area contributed by atoms with Crippen LogP contribution in [0.1, 0.15) is 72.5 Å². The average Bonchev–Trinajstić information content (AvgIpc) is 2.91. The van der Waals surface area contributed by atoms with Gasteiger partial charge in [-0.3, -0.25) is 4.99 Å². The largest absolute Gasteiger partial charge is 0.443 e. The van der Waals surface area contributed by atoms with Crippen LogP contribution >= 0.6 is 24.0 Å². The molecule has 5 nitrogen and oxygen atoms in total. The van der Waals surface area contributed by atoms with Crippen LogP contribution in [0, 0.1) is 5.92 Å². The van der Waals surface area contributed by atoms with Crippen molar-refractivity contribution in [1.29, 1.82) is 0 Å². The summed E-state index contributed by atoms with van der Waals surface area (Å²) in [7, 11) is 1.78. The highest BCUT2D eigenvalue weighted by atomic mass is 127. The van der Waals surface area contributed by atoms with E-state index in [1.165, 1.54) is 12.8 Å². The van der Waals surface area contributed by atoms with Crippen molar-refractivity contribution in [2.45, 2.75) is 78.8 Å². The van der Waals surface area contributed by atoms with Crippen LogP contribution in [0.25, 0.3) is 0 Å². The van der Waals surface area contributed by atoms with Gasteiger partial charge in [0.15, 0.2) is 5.96 Å². The van der Waals surface area contributed by atoms with Crippen molar-refractivity contribution >= 4 is 29.9 Å². The lowest BCUT2D eigenvalue weighted by Gasteiger charge is -2.18. The summed E-state index contributed by atoms with van der Waals surface area (Å²) < 4.78 is 5.78. The van der Waals surface area contributed by atoms with E-state index in [0.717, 1.165) is 24.1 Å². The fourth-order valence-corrected chi connectivity index (χ4v) is 2.23. The molecule has 0 aliphatic carbocycles. The van der Waals surface area contributed by atoms with Crippen LogP contribution < -0.4 is 10.6 Å². The van der Waals surface area contributed by atoms with E-state index >= 15 is 0 Å². The summed E-state index contributed by atoms with van der Waals surface area (Å²) in [5.41, 5.74) is -0.0178. The molecule has 0 fully saturated rings. The van der Waals surface area contributed by atoms with Crippen LogP contribution in [-0.4, -0.2) is 24.0 Å². The Morgan fingerprint density at radius 1 is 1.25 bits per heavy atom. The second-order valence-corrected chi connectivity index (χ2v) is 7.66. The predicted molar refractivity (Wildman–Crippen MR) is 112 cm³/mol. The van der Waals surface area contributed by atoms with Gasteiger partial charge < -0.3 is 15.1 Å². The second kappa shape index (κ2) is 10.9. The minimum absolute atomic E-state index is 0. The Bertz CT molecular complexity index is 491. The van der Waals surface area contributed by atoms with Gasteiger partial charge in [0, 0.05) is 18.5 Å². The molecule has 0 aliphatic heterocycles. The van der Waals surface area contributed by atoms with Crippen molar-refractivity contribution in [1.82, 2.24) is 15.6 Å². The predicted octanol–water partition coefficient (Wildman–Crippen LogP) is 4.47. The standard InChI is InChI=1S/C18H34N4O.HI/c1-13(2)9-8-10-14(3)22-17(19-7)21-12-16-20-11-15(23-16)18(4,5)6;/h11,13-14H,8-10,12H2,1-7H3,(H2,19,21,22);1H. The zero-order chi connectivity index (χ0) is 17.5. The van der Waals surface area contributed by atoms with E-state index in [1.807, 2.05) is 6.20 Å². The maximum absolute atomic E-state index is 5.78. The van der Waals surface area contributed by atoms with Gasteiger partial charge in [-0.15, -0.1) is 24.0 Å². The summed E-state index contributed by atoms with van der Waals surface area (Å²) in [4.78, 5) is 8.59. The Kier molecular flexibility index (Phi) is 10.6. The summed E-state index contributed by atoms with van der Waals surface area (Å²) in [6.07, 6.45) is 5.45. The van der Waals surface area contributed by atoms with Gasteiger partial charge in [0.1, 0.15) is 5.76 Å². The molecule has 1 atom stereocenters. The summed E-state index contributed by atoms with van der Waals surface area (Å²) in [6, 6.07) is 0.398. The molecular weight excluding hydrogens is 415 g/mol. The Morgan fingerprint density at radius 3 is 2.42 bits per heavy atom. The lowest BCUT2D eigenvalue weighted by Crippen LogP contribution is -2.41. The van der Waals surface area contributed by atoms with Crippen molar-refractivity contribution < 1.29 is 4.42 Å². The Morgan fingerprint density at radius 2 is 1.92 bits per heavy atom. The van der Waals surface area contributed by atoms with Crippen molar-refractivity contribution in [2.75, 3.05) is 7.05 Å². The monoisotopic (exact) mass is 450 g/mol. The lowest BCUT2D eigenvalue weighted by atomic mass is 9.94. The maximum Gasteiger partial charge on any atom is 0.213 e. The first-order chi connectivity index (χ1) is 10.7. The first-order valence-corrected chi connectivity index (χ1v) is 8.64. The summed E-state index contributed by atoms with van der Waals surface area (Å²) in [5, 5.41) is 6.68. The van der Waals surface area contributed by atoms with Gasteiger partial charge in [-0.05, 0) is 19.3 Å². The number of hydrogen-bond acceptors (Lipinski definition) is 3. The first-order valence-electron chi connectivity index (χ1n) is 8.64. The normalized spacial score (nSPS) is 13.6. The highest BCUT2D eigenvalue weighted by Gasteiger charge is 2.19. The molecule has 24 heavy (non-hydrogen) atoms. The third-order valence-electron chi connectivity index (χ3n) is 3.73. The number of nitrogens with one attached hydrogen (secondary N) is 2. The van der Waals surface area contributed by atoms with Crippen LogP contribution in [0.2, 0.25) is 0 Å². The number of halogens is 1. The molecule has 1 aromatic rings. The molecule has 0 saturated carbocycles. The van der Waals surface area contributed by atoms with Gasteiger partial charge in [0.2, 0.25) is 5.89 Å². The van der Waals surface area contributed by atoms with Crippen LogP contribution in [0.3, 0.4) is 0 Å². The SMILES string of the molecule is CN=C(NCc1ncc(C(C)(C)C)o1)NC(C)CCCC(C)C.I. The number of nitrogens with zero attached hydrogens (tertiary/aromatic N) is 2. The molecule has 140 valence electrons. The molecule has 0 amide bonds. The van der Waals surface area contributed by atoms with Gasteiger partial charge in [0.05, 0.1) is 12.7 Å². The lowest BCUT2D eigenvalue weighted by molar-refractivity contribution is 0.379. The van der Waals surface area contributed by atoms with E-state index < -0.39 is 0 Å². The molecule has 2 N–H and O–H groups in total. The minimum atomic E-state index is -0.0178. The van der Waals surface area contributed by atoms with Gasteiger partial charge in [-0.25, -0.2) is 4.98 Å². The van der Waals surface area contributed by atoms with Crippen LogP contribution in [0.4, 0.5) is 0 Å². The maximum atomic E-state index is 5.78. The number of oxazole rings is 1. The molecule has 0 spiro atoms. The summed E-state index contributed by atoms with van der Waals surface area (Å²) >= 11 is 0. The molecule has 0 radical (unpaired) electrons. The van der Waals surface area contributed by atoms with E-state index in [2.05, 4.69) is 62.2 Å². The molecule has 0 saturated heterocycles. The van der Waals surface area contributed by atoms with Crippen LogP contribution in [-0.2, 0) is 12.0 Å². The molecule has 1 aromatic heterocycles. The third kappa shape index (κ3) is 8.89. The molecule has 0 aromatic carbocycles. The van der Waals surface area contributed by atoms with E-state index in [4.69, 9.17) is 4.42 Å². The number of hydrogen-bond donors (Lipinski definition) is 2. The second-order valence-electron chi connectivity index (χ2n) is 7.66. The smallest absolute Gasteiger partial charge is 0.213 e. The molecule has 0 aliphatic rings. The Labute approximate surface area is 164 Å². The topological polar surface area (TPSA) is 62.5 Å². The van der Waals surface area contributed by atoms with Gasteiger partial charge in [-0.2, -0.15) is 0 Å². The highest BCUT2D eigenvalue weighted by Crippen LogP contribution is 2.22.